The van der Waals surface area contributed by atoms with Crippen molar-refractivity contribution in [3.05, 3.63) is 42.6 Å². The molecule has 1 fully saturated rings. The number of rotatable bonds is 4. The fourth-order valence-electron chi connectivity index (χ4n) is 2.00. The molecule has 0 aliphatic carbocycles. The van der Waals surface area contributed by atoms with Crippen LogP contribution in [0.25, 0.3) is 0 Å². The predicted molar refractivity (Wildman–Crippen MR) is 73.5 cm³/mol. The Morgan fingerprint density at radius 1 is 1.10 bits per heavy atom. The average molecular weight is 296 g/mol. The third-order valence-electron chi connectivity index (χ3n) is 3.08. The number of sulfonamides is 1. The van der Waals surface area contributed by atoms with E-state index in [9.17, 15) is 13.2 Å². The van der Waals surface area contributed by atoms with Crippen LogP contribution in [0.3, 0.4) is 0 Å². The topological polar surface area (TPSA) is 77.9 Å². The van der Waals surface area contributed by atoms with Crippen LogP contribution in [-0.4, -0.2) is 54.9 Å². The summed E-state index contributed by atoms with van der Waals surface area (Å²) in [5.41, 5.74) is 0. The molecule has 1 aromatic rings. The van der Waals surface area contributed by atoms with Gasteiger partial charge in [0.2, 0.25) is 10.0 Å². The number of nitrogens with zero attached hydrogens (tertiary/aromatic N) is 2. The molecule has 108 valence electrons. The van der Waals surface area contributed by atoms with Crippen molar-refractivity contribution in [2.24, 2.45) is 0 Å². The van der Waals surface area contributed by atoms with Gasteiger partial charge in [0, 0.05) is 38.5 Å². The molecular weight excluding hydrogens is 280 g/mol. The van der Waals surface area contributed by atoms with E-state index >= 15 is 0 Å². The second kappa shape index (κ2) is 6.06. The minimum Gasteiger partial charge on any atom is -0.478 e. The second-order valence-electron chi connectivity index (χ2n) is 4.41. The van der Waals surface area contributed by atoms with E-state index in [4.69, 9.17) is 5.11 Å². The quantitative estimate of drug-likeness (QED) is 0.823. The number of carboxylic acids is 1. The van der Waals surface area contributed by atoms with Gasteiger partial charge in [-0.25, -0.2) is 13.2 Å². The molecule has 2 rings (SSSR count). The van der Waals surface area contributed by atoms with E-state index in [1.165, 1.54) is 10.5 Å². The fraction of sp³-hybridized carbons (Fsp3) is 0.308. The van der Waals surface area contributed by atoms with Crippen LogP contribution in [0.2, 0.25) is 0 Å². The Hall–Kier alpha value is -1.86. The van der Waals surface area contributed by atoms with Crippen molar-refractivity contribution in [3.8, 4) is 0 Å². The average Bonchev–Trinajstić information content (AvgIpc) is 2.46. The van der Waals surface area contributed by atoms with E-state index in [0.717, 1.165) is 6.08 Å². The molecular formula is C13H16N2O4S. The van der Waals surface area contributed by atoms with Gasteiger partial charge in [-0.2, -0.15) is 4.31 Å². The Labute approximate surface area is 118 Å². The smallest absolute Gasteiger partial charge is 0.329 e. The molecule has 1 N–H and O–H groups in total. The van der Waals surface area contributed by atoms with Gasteiger partial charge in [0.15, 0.2) is 0 Å². The SMILES string of the molecule is O=C(O)/C=C/N1CCN(S(=O)(=O)c2ccccc2)CC1. The summed E-state index contributed by atoms with van der Waals surface area (Å²) in [6, 6.07) is 8.31. The number of hydrogen-bond donors (Lipinski definition) is 1. The molecule has 0 unspecified atom stereocenters. The van der Waals surface area contributed by atoms with Crippen LogP contribution >= 0.6 is 0 Å². The van der Waals surface area contributed by atoms with Crippen molar-refractivity contribution >= 4 is 16.0 Å². The molecule has 1 heterocycles. The predicted octanol–water partition coefficient (Wildman–Crippen LogP) is 0.591. The molecule has 0 radical (unpaired) electrons. The number of carboxylic acid groups (broad SMARTS) is 1. The highest BCUT2D eigenvalue weighted by Gasteiger charge is 2.27. The van der Waals surface area contributed by atoms with Crippen LogP contribution in [0, 0.1) is 0 Å². The zero-order valence-electron chi connectivity index (χ0n) is 10.8. The summed E-state index contributed by atoms with van der Waals surface area (Å²) in [4.78, 5) is 12.5. The number of hydrogen-bond acceptors (Lipinski definition) is 4. The van der Waals surface area contributed by atoms with Crippen LogP contribution in [-0.2, 0) is 14.8 Å². The van der Waals surface area contributed by atoms with Crippen molar-refractivity contribution in [2.45, 2.75) is 4.90 Å². The van der Waals surface area contributed by atoms with E-state index in [0.29, 0.717) is 26.2 Å². The summed E-state index contributed by atoms with van der Waals surface area (Å²) in [7, 11) is -3.45. The molecule has 7 heteroatoms. The van der Waals surface area contributed by atoms with Gasteiger partial charge < -0.3 is 10.0 Å². The summed E-state index contributed by atoms with van der Waals surface area (Å²) in [5.74, 6) is -1.01. The third kappa shape index (κ3) is 3.37. The first-order valence-electron chi connectivity index (χ1n) is 6.20. The minimum absolute atomic E-state index is 0.287. The van der Waals surface area contributed by atoms with Gasteiger partial charge in [0.05, 0.1) is 4.90 Å². The zero-order chi connectivity index (χ0) is 14.6. The summed E-state index contributed by atoms with van der Waals surface area (Å²) in [6.45, 7) is 1.66. The maximum absolute atomic E-state index is 12.4. The van der Waals surface area contributed by atoms with Crippen molar-refractivity contribution < 1.29 is 18.3 Å². The van der Waals surface area contributed by atoms with Crippen molar-refractivity contribution in [2.75, 3.05) is 26.2 Å². The molecule has 0 amide bonds. The standard InChI is InChI=1S/C13H16N2O4S/c16-13(17)6-7-14-8-10-15(11-9-14)20(18,19)12-4-2-1-3-5-12/h1-7H,8-11H2,(H,16,17)/b7-6+. The lowest BCUT2D eigenvalue weighted by Crippen LogP contribution is -2.46. The van der Waals surface area contributed by atoms with Gasteiger partial charge in [0.25, 0.3) is 0 Å². The Balaban J connectivity index is 2.02. The second-order valence-corrected chi connectivity index (χ2v) is 6.35. The van der Waals surface area contributed by atoms with Crippen molar-refractivity contribution in [1.82, 2.24) is 9.21 Å². The molecule has 1 saturated heterocycles. The largest absolute Gasteiger partial charge is 0.478 e. The molecule has 1 aliphatic heterocycles. The Kier molecular flexibility index (Phi) is 4.41. The molecule has 0 bridgehead atoms. The zero-order valence-corrected chi connectivity index (χ0v) is 11.7. The van der Waals surface area contributed by atoms with E-state index < -0.39 is 16.0 Å². The van der Waals surface area contributed by atoms with Gasteiger partial charge in [0.1, 0.15) is 0 Å². The van der Waals surface area contributed by atoms with E-state index in [-0.39, 0.29) is 4.90 Å². The number of benzene rings is 1. The molecule has 0 spiro atoms. The van der Waals surface area contributed by atoms with Gasteiger partial charge in [-0.05, 0) is 12.1 Å². The molecule has 1 aromatic carbocycles. The highest BCUT2D eigenvalue weighted by molar-refractivity contribution is 7.89. The van der Waals surface area contributed by atoms with Crippen molar-refractivity contribution in [3.63, 3.8) is 0 Å². The monoisotopic (exact) mass is 296 g/mol. The Morgan fingerprint density at radius 3 is 2.25 bits per heavy atom. The van der Waals surface area contributed by atoms with E-state index in [1.807, 2.05) is 0 Å². The van der Waals surface area contributed by atoms with Gasteiger partial charge in [-0.1, -0.05) is 18.2 Å². The molecule has 0 aromatic heterocycles. The first-order valence-corrected chi connectivity index (χ1v) is 7.64. The minimum atomic E-state index is -3.45. The van der Waals surface area contributed by atoms with Gasteiger partial charge >= 0.3 is 5.97 Å². The first kappa shape index (κ1) is 14.5. The number of aliphatic carboxylic acids is 1. The van der Waals surface area contributed by atoms with Crippen LogP contribution in [0.4, 0.5) is 0 Å². The van der Waals surface area contributed by atoms with Gasteiger partial charge in [-0.15, -0.1) is 0 Å². The summed E-state index contributed by atoms with van der Waals surface area (Å²) in [6.07, 6.45) is 2.54. The highest BCUT2D eigenvalue weighted by atomic mass is 32.2. The molecule has 0 saturated carbocycles. The summed E-state index contributed by atoms with van der Waals surface area (Å²) in [5, 5.41) is 8.55. The molecule has 1 aliphatic rings. The lowest BCUT2D eigenvalue weighted by Gasteiger charge is -2.33. The Morgan fingerprint density at radius 2 is 1.70 bits per heavy atom. The van der Waals surface area contributed by atoms with Gasteiger partial charge in [-0.3, -0.25) is 0 Å². The summed E-state index contributed by atoms with van der Waals surface area (Å²) < 4.78 is 26.1. The molecule has 0 atom stereocenters. The molecule has 6 nitrogen and oxygen atoms in total. The van der Waals surface area contributed by atoms with Crippen LogP contribution in [0.15, 0.2) is 47.5 Å². The van der Waals surface area contributed by atoms with Crippen molar-refractivity contribution in [1.29, 1.82) is 0 Å². The van der Waals surface area contributed by atoms with E-state index in [1.54, 1.807) is 35.2 Å². The number of piperazine rings is 1. The third-order valence-corrected chi connectivity index (χ3v) is 5.00. The lowest BCUT2D eigenvalue weighted by atomic mass is 10.4. The summed E-state index contributed by atoms with van der Waals surface area (Å²) >= 11 is 0. The normalized spacial score (nSPS) is 17.5. The number of carbonyl (C=O) groups is 1. The fourth-order valence-corrected chi connectivity index (χ4v) is 3.45. The Bertz CT molecular complexity index is 590. The molecule has 20 heavy (non-hydrogen) atoms. The first-order chi connectivity index (χ1) is 9.50. The van der Waals surface area contributed by atoms with Crippen LogP contribution < -0.4 is 0 Å². The maximum atomic E-state index is 12.4. The van der Waals surface area contributed by atoms with Crippen LogP contribution in [0.5, 0.6) is 0 Å². The lowest BCUT2D eigenvalue weighted by molar-refractivity contribution is -0.131. The van der Waals surface area contributed by atoms with Crippen LogP contribution in [0.1, 0.15) is 0 Å². The maximum Gasteiger partial charge on any atom is 0.329 e. The van der Waals surface area contributed by atoms with E-state index in [2.05, 4.69) is 0 Å². The highest BCUT2D eigenvalue weighted by Crippen LogP contribution is 2.17.